The van der Waals surface area contributed by atoms with Gasteiger partial charge in [-0.2, -0.15) is 5.10 Å². The van der Waals surface area contributed by atoms with Crippen molar-refractivity contribution in [2.75, 3.05) is 37.6 Å². The van der Waals surface area contributed by atoms with E-state index in [-0.39, 0.29) is 24.5 Å². The van der Waals surface area contributed by atoms with Gasteiger partial charge in [-0.05, 0) is 69.0 Å². The van der Waals surface area contributed by atoms with Crippen LogP contribution in [0.3, 0.4) is 0 Å². The number of amides is 1. The second kappa shape index (κ2) is 12.0. The fraction of sp³-hybridized carbons (Fsp3) is 0.483. The average Bonchev–Trinajstić information content (AvgIpc) is 3.58. The van der Waals surface area contributed by atoms with Crippen molar-refractivity contribution in [1.82, 2.24) is 20.0 Å². The van der Waals surface area contributed by atoms with Crippen LogP contribution in [0.2, 0.25) is 0 Å². The molecule has 4 aliphatic rings. The van der Waals surface area contributed by atoms with Crippen LogP contribution < -0.4 is 10.2 Å². The summed E-state index contributed by atoms with van der Waals surface area (Å²) in [4.78, 5) is 26.6. The molecule has 5 heterocycles. The molecule has 2 atom stereocenters. The van der Waals surface area contributed by atoms with Crippen LogP contribution in [-0.4, -0.2) is 77.0 Å². The predicted octanol–water partition coefficient (Wildman–Crippen LogP) is 3.38. The van der Waals surface area contributed by atoms with Crippen molar-refractivity contribution in [3.05, 3.63) is 59.8 Å². The van der Waals surface area contributed by atoms with E-state index < -0.39 is 0 Å². The maximum absolute atomic E-state index is 13.4. The lowest BCUT2D eigenvalue weighted by Gasteiger charge is -2.44. The summed E-state index contributed by atoms with van der Waals surface area (Å²) in [6, 6.07) is 17.0. The van der Waals surface area contributed by atoms with E-state index in [4.69, 9.17) is 19.7 Å². The van der Waals surface area contributed by atoms with Crippen LogP contribution in [0.15, 0.2) is 48.5 Å². The quantitative estimate of drug-likeness (QED) is 0.462. The number of carbonyl (C=O) groups is 2. The van der Waals surface area contributed by atoms with Gasteiger partial charge < -0.3 is 25.0 Å². The van der Waals surface area contributed by atoms with Crippen molar-refractivity contribution in [2.24, 2.45) is 5.92 Å². The fourth-order valence-electron chi connectivity index (χ4n) is 6.03. The van der Waals surface area contributed by atoms with Crippen LogP contribution >= 0.6 is 0 Å². The Bertz CT molecular complexity index is 1240. The lowest BCUT2D eigenvalue weighted by atomic mass is 9.84. The highest BCUT2D eigenvalue weighted by molar-refractivity contribution is 6.05. The number of carboxylic acid groups (broad SMARTS) is 1. The standard InChI is InChI=1S/C28H35N5O2.CH2O2/c1-2-33-26-9-8-22(32-15-12-23(17-32)35-19-20-6-4-3-5-7-20)16-24(26)27(30-33)28(34)29-25-18-31-13-10-21(25)11-14-31;2-1-3/h3-9,16,21,23,25H,2,10-15,17-19H2,1H3,(H,29,34);1H,(H,2,3)/t23?,25-;/m1./s1. The van der Waals surface area contributed by atoms with Gasteiger partial charge in [0.05, 0.1) is 18.2 Å². The molecule has 3 aromatic rings. The lowest BCUT2D eigenvalue weighted by molar-refractivity contribution is -0.122. The molecule has 4 aliphatic heterocycles. The molecular formula is C29H37N5O4. The van der Waals surface area contributed by atoms with Gasteiger partial charge in [-0.1, -0.05) is 30.3 Å². The van der Waals surface area contributed by atoms with Crippen molar-refractivity contribution in [2.45, 2.75) is 51.5 Å². The molecule has 0 saturated carbocycles. The summed E-state index contributed by atoms with van der Waals surface area (Å²) >= 11 is 0. The number of anilines is 1. The van der Waals surface area contributed by atoms with Gasteiger partial charge in [0.2, 0.25) is 0 Å². The van der Waals surface area contributed by atoms with E-state index in [1.807, 2.05) is 10.7 Å². The maximum atomic E-state index is 13.4. The zero-order valence-electron chi connectivity index (χ0n) is 22.0. The molecule has 9 nitrogen and oxygen atoms in total. The molecule has 9 heteroatoms. The minimum atomic E-state index is -0.250. The molecule has 2 bridgehead atoms. The first-order valence-electron chi connectivity index (χ1n) is 13.6. The van der Waals surface area contributed by atoms with Crippen molar-refractivity contribution in [1.29, 1.82) is 0 Å². The van der Waals surface area contributed by atoms with Crippen molar-refractivity contribution < 1.29 is 19.4 Å². The zero-order valence-corrected chi connectivity index (χ0v) is 22.0. The third kappa shape index (κ3) is 5.68. The summed E-state index contributed by atoms with van der Waals surface area (Å²) in [5.74, 6) is 0.556. The third-order valence-corrected chi connectivity index (χ3v) is 8.06. The first-order chi connectivity index (χ1) is 18.6. The van der Waals surface area contributed by atoms with Gasteiger partial charge in [-0.3, -0.25) is 14.3 Å². The van der Waals surface area contributed by atoms with Crippen molar-refractivity contribution in [3.63, 3.8) is 0 Å². The number of hydrogen-bond donors (Lipinski definition) is 2. The number of rotatable bonds is 7. The Balaban J connectivity index is 0.000000937. The first-order valence-corrected chi connectivity index (χ1v) is 13.6. The largest absolute Gasteiger partial charge is 0.483 e. The summed E-state index contributed by atoms with van der Waals surface area (Å²) in [6.07, 6.45) is 3.58. The van der Waals surface area contributed by atoms with Crippen LogP contribution in [-0.2, 0) is 22.7 Å². The molecule has 2 N–H and O–H groups in total. The first kappa shape index (κ1) is 26.2. The number of nitrogens with zero attached hydrogens (tertiary/aromatic N) is 4. The molecule has 4 fully saturated rings. The van der Waals surface area contributed by atoms with E-state index in [1.165, 1.54) is 31.5 Å². The van der Waals surface area contributed by atoms with Gasteiger partial charge in [-0.25, -0.2) is 0 Å². The minimum Gasteiger partial charge on any atom is -0.483 e. The van der Waals surface area contributed by atoms with Crippen LogP contribution in [0.1, 0.15) is 42.2 Å². The normalized spacial score (nSPS) is 24.2. The SMILES string of the molecule is CCn1nc(C(=O)N[C@@H]2CN3CCC2CC3)c2cc(N3CCC(OCc4ccccc4)C3)ccc21.O=CO. The Labute approximate surface area is 223 Å². The van der Waals surface area contributed by atoms with E-state index in [2.05, 4.69) is 64.5 Å². The predicted molar refractivity (Wildman–Crippen MR) is 146 cm³/mol. The second-order valence-electron chi connectivity index (χ2n) is 10.3. The Morgan fingerprint density at radius 1 is 1.11 bits per heavy atom. The molecular weight excluding hydrogens is 482 g/mol. The number of ether oxygens (including phenoxy) is 1. The number of benzene rings is 2. The van der Waals surface area contributed by atoms with Crippen molar-refractivity contribution >= 4 is 29.0 Å². The molecule has 1 unspecified atom stereocenters. The topological polar surface area (TPSA) is 99.9 Å². The van der Waals surface area contributed by atoms with Crippen LogP contribution in [0.4, 0.5) is 5.69 Å². The van der Waals surface area contributed by atoms with Gasteiger partial charge in [0.1, 0.15) is 0 Å². The number of aromatic nitrogens is 2. The molecule has 2 aromatic carbocycles. The number of hydrogen-bond acceptors (Lipinski definition) is 6. The summed E-state index contributed by atoms with van der Waals surface area (Å²) in [5, 5.41) is 15.9. The Morgan fingerprint density at radius 2 is 1.87 bits per heavy atom. The highest BCUT2D eigenvalue weighted by Crippen LogP contribution is 2.30. The van der Waals surface area contributed by atoms with Crippen LogP contribution in [0.5, 0.6) is 0 Å². The van der Waals surface area contributed by atoms with Crippen LogP contribution in [0.25, 0.3) is 10.9 Å². The average molecular weight is 520 g/mol. The van der Waals surface area contributed by atoms with Gasteiger partial charge in [0.15, 0.2) is 5.69 Å². The minimum absolute atomic E-state index is 0.0383. The van der Waals surface area contributed by atoms with E-state index in [1.54, 1.807) is 0 Å². The maximum Gasteiger partial charge on any atom is 0.290 e. The molecule has 38 heavy (non-hydrogen) atoms. The summed E-state index contributed by atoms with van der Waals surface area (Å²) in [5.41, 5.74) is 3.91. The van der Waals surface area contributed by atoms with E-state index in [9.17, 15) is 4.79 Å². The summed E-state index contributed by atoms with van der Waals surface area (Å²) < 4.78 is 8.14. The Hall–Kier alpha value is -3.43. The third-order valence-electron chi connectivity index (χ3n) is 8.06. The Morgan fingerprint density at radius 3 is 2.55 bits per heavy atom. The molecule has 1 amide bonds. The molecule has 0 radical (unpaired) electrons. The zero-order chi connectivity index (χ0) is 26.5. The molecule has 7 rings (SSSR count). The van der Waals surface area contributed by atoms with E-state index in [0.29, 0.717) is 18.2 Å². The number of fused-ring (bicyclic) bond motifs is 4. The molecule has 0 spiro atoms. The second-order valence-corrected chi connectivity index (χ2v) is 10.3. The Kier molecular flexibility index (Phi) is 8.24. The number of nitrogens with one attached hydrogen (secondary N) is 1. The van der Waals surface area contributed by atoms with Crippen molar-refractivity contribution in [3.8, 4) is 0 Å². The molecule has 0 aliphatic carbocycles. The summed E-state index contributed by atoms with van der Waals surface area (Å²) in [7, 11) is 0. The summed E-state index contributed by atoms with van der Waals surface area (Å²) in [6.45, 7) is 8.32. The van der Waals surface area contributed by atoms with E-state index in [0.717, 1.165) is 49.2 Å². The molecule has 4 saturated heterocycles. The lowest BCUT2D eigenvalue weighted by Crippen LogP contribution is -2.57. The van der Waals surface area contributed by atoms with Gasteiger partial charge >= 0.3 is 0 Å². The number of carbonyl (C=O) groups excluding carboxylic acids is 1. The van der Waals surface area contributed by atoms with E-state index >= 15 is 0 Å². The van der Waals surface area contributed by atoms with Gasteiger partial charge in [0.25, 0.3) is 12.4 Å². The number of aryl methyl sites for hydroxylation is 1. The van der Waals surface area contributed by atoms with Gasteiger partial charge in [0, 0.05) is 43.3 Å². The molecule has 202 valence electrons. The molecule has 1 aromatic heterocycles. The highest BCUT2D eigenvalue weighted by Gasteiger charge is 2.35. The smallest absolute Gasteiger partial charge is 0.290 e. The number of piperidine rings is 3. The monoisotopic (exact) mass is 519 g/mol. The fourth-order valence-corrected chi connectivity index (χ4v) is 6.03. The van der Waals surface area contributed by atoms with Gasteiger partial charge in [-0.15, -0.1) is 0 Å². The highest BCUT2D eigenvalue weighted by atomic mass is 16.5. The van der Waals surface area contributed by atoms with Crippen LogP contribution in [0, 0.1) is 5.92 Å².